The largest absolute Gasteiger partial charge is 0.336 e. The number of piperazine rings is 1. The minimum absolute atomic E-state index is 0.147. The van der Waals surface area contributed by atoms with Gasteiger partial charge in [-0.1, -0.05) is 56.3 Å². The van der Waals surface area contributed by atoms with E-state index in [2.05, 4.69) is 24.0 Å². The number of amides is 1. The van der Waals surface area contributed by atoms with Crippen molar-refractivity contribution in [3.8, 4) is 11.3 Å². The Labute approximate surface area is 182 Å². The minimum atomic E-state index is -3.58. The number of hydrogen-bond acceptors (Lipinski definition) is 4. The van der Waals surface area contributed by atoms with Gasteiger partial charge in [-0.25, -0.2) is 8.42 Å². The van der Waals surface area contributed by atoms with Crippen molar-refractivity contribution < 1.29 is 13.2 Å². The van der Waals surface area contributed by atoms with E-state index in [9.17, 15) is 13.2 Å². The summed E-state index contributed by atoms with van der Waals surface area (Å²) in [6.07, 6.45) is 1.53. The number of hydrogen-bond donors (Lipinski definition) is 1. The molecule has 1 saturated heterocycles. The molecule has 8 heteroatoms. The molecule has 0 bridgehead atoms. The van der Waals surface area contributed by atoms with Gasteiger partial charge in [-0.3, -0.25) is 9.89 Å². The minimum Gasteiger partial charge on any atom is -0.336 e. The third-order valence-corrected chi connectivity index (χ3v) is 7.56. The van der Waals surface area contributed by atoms with Crippen molar-refractivity contribution in [3.63, 3.8) is 0 Å². The number of sulfonamides is 1. The monoisotopic (exact) mass is 438 g/mol. The zero-order valence-electron chi connectivity index (χ0n) is 17.7. The molecule has 2 heterocycles. The van der Waals surface area contributed by atoms with Crippen molar-refractivity contribution in [1.82, 2.24) is 19.4 Å². The number of carbonyl (C=O) groups is 1. The van der Waals surface area contributed by atoms with Gasteiger partial charge in [0.25, 0.3) is 5.91 Å². The van der Waals surface area contributed by atoms with Gasteiger partial charge in [0.1, 0.15) is 0 Å². The molecule has 0 radical (unpaired) electrons. The normalized spacial score (nSPS) is 15.4. The summed E-state index contributed by atoms with van der Waals surface area (Å²) in [7, 11) is -3.58. The Morgan fingerprint density at radius 2 is 1.61 bits per heavy atom. The lowest BCUT2D eigenvalue weighted by Crippen LogP contribution is -2.50. The molecule has 1 N–H and O–H groups in total. The molecule has 1 amide bonds. The zero-order valence-corrected chi connectivity index (χ0v) is 18.5. The predicted octanol–water partition coefficient (Wildman–Crippen LogP) is 3.35. The van der Waals surface area contributed by atoms with E-state index in [4.69, 9.17) is 0 Å². The van der Waals surface area contributed by atoms with Gasteiger partial charge in [0.05, 0.1) is 22.3 Å². The molecule has 0 saturated carbocycles. The molecule has 1 aliphatic rings. The average Bonchev–Trinajstić information content (AvgIpc) is 3.29. The maximum absolute atomic E-state index is 13.1. The SMILES string of the molecule is CC(C)c1ccc(S(=O)(=O)N2CCN(C(=O)c3cn[nH]c3-c3ccccc3)CC2)cc1. The van der Waals surface area contributed by atoms with E-state index in [1.54, 1.807) is 17.0 Å². The summed E-state index contributed by atoms with van der Waals surface area (Å²) in [5.74, 6) is 0.195. The average molecular weight is 439 g/mol. The van der Waals surface area contributed by atoms with Gasteiger partial charge in [0, 0.05) is 31.7 Å². The Kier molecular flexibility index (Phi) is 5.93. The summed E-state index contributed by atoms with van der Waals surface area (Å²) in [5.41, 5.74) is 3.15. The molecule has 1 aromatic heterocycles. The van der Waals surface area contributed by atoms with Crippen LogP contribution in [0.1, 0.15) is 35.7 Å². The Bertz CT molecular complexity index is 1150. The number of aromatic nitrogens is 2. The van der Waals surface area contributed by atoms with Crippen LogP contribution < -0.4 is 0 Å². The first-order valence-electron chi connectivity index (χ1n) is 10.4. The van der Waals surface area contributed by atoms with Gasteiger partial charge in [-0.05, 0) is 23.6 Å². The fourth-order valence-electron chi connectivity index (χ4n) is 3.75. The first-order valence-corrected chi connectivity index (χ1v) is 11.8. The number of rotatable bonds is 5. The van der Waals surface area contributed by atoms with Gasteiger partial charge >= 0.3 is 0 Å². The second-order valence-electron chi connectivity index (χ2n) is 7.94. The molecule has 0 unspecified atom stereocenters. The van der Waals surface area contributed by atoms with E-state index in [0.717, 1.165) is 11.1 Å². The summed E-state index contributed by atoms with van der Waals surface area (Å²) in [6.45, 7) is 5.34. The van der Waals surface area contributed by atoms with E-state index in [0.29, 0.717) is 30.3 Å². The van der Waals surface area contributed by atoms with E-state index < -0.39 is 10.0 Å². The summed E-state index contributed by atoms with van der Waals surface area (Å²) in [4.78, 5) is 15.1. The fraction of sp³-hybridized carbons (Fsp3) is 0.304. The van der Waals surface area contributed by atoms with Crippen molar-refractivity contribution in [2.75, 3.05) is 26.2 Å². The Hall–Kier alpha value is -2.97. The highest BCUT2D eigenvalue weighted by molar-refractivity contribution is 7.89. The van der Waals surface area contributed by atoms with Gasteiger partial charge in [-0.15, -0.1) is 0 Å². The van der Waals surface area contributed by atoms with Crippen molar-refractivity contribution in [1.29, 1.82) is 0 Å². The molecule has 0 spiro atoms. The van der Waals surface area contributed by atoms with Crippen molar-refractivity contribution >= 4 is 15.9 Å². The molecule has 4 rings (SSSR count). The van der Waals surface area contributed by atoms with E-state index >= 15 is 0 Å². The van der Waals surface area contributed by atoms with Crippen LogP contribution in [0.3, 0.4) is 0 Å². The molecular formula is C23H26N4O3S. The van der Waals surface area contributed by atoms with Crippen LogP contribution in [0.5, 0.6) is 0 Å². The highest BCUT2D eigenvalue weighted by Crippen LogP contribution is 2.24. The second-order valence-corrected chi connectivity index (χ2v) is 9.88. The molecule has 2 aromatic carbocycles. The third kappa shape index (κ3) is 4.26. The Morgan fingerprint density at radius 3 is 2.23 bits per heavy atom. The van der Waals surface area contributed by atoms with Crippen LogP contribution in [-0.2, 0) is 10.0 Å². The highest BCUT2D eigenvalue weighted by Gasteiger charge is 2.31. The molecule has 1 aliphatic heterocycles. The lowest BCUT2D eigenvalue weighted by molar-refractivity contribution is 0.0698. The van der Waals surface area contributed by atoms with Crippen LogP contribution in [-0.4, -0.2) is 59.9 Å². The predicted molar refractivity (Wildman–Crippen MR) is 119 cm³/mol. The first-order chi connectivity index (χ1) is 14.9. The summed E-state index contributed by atoms with van der Waals surface area (Å²) in [5, 5.41) is 6.95. The topological polar surface area (TPSA) is 86.4 Å². The Morgan fingerprint density at radius 1 is 0.968 bits per heavy atom. The smallest absolute Gasteiger partial charge is 0.257 e. The number of H-pyrrole nitrogens is 1. The van der Waals surface area contributed by atoms with Crippen LogP contribution in [0.25, 0.3) is 11.3 Å². The second kappa shape index (κ2) is 8.64. The fourth-order valence-corrected chi connectivity index (χ4v) is 5.17. The molecule has 31 heavy (non-hydrogen) atoms. The number of nitrogens with one attached hydrogen (secondary N) is 1. The molecule has 162 valence electrons. The van der Waals surface area contributed by atoms with Crippen LogP contribution >= 0.6 is 0 Å². The summed E-state index contributed by atoms with van der Waals surface area (Å²) >= 11 is 0. The number of carbonyl (C=O) groups excluding carboxylic acids is 1. The molecule has 0 aliphatic carbocycles. The summed E-state index contributed by atoms with van der Waals surface area (Å²) in [6, 6.07) is 16.6. The van der Waals surface area contributed by atoms with Crippen molar-refractivity contribution in [2.45, 2.75) is 24.7 Å². The van der Waals surface area contributed by atoms with Crippen molar-refractivity contribution in [3.05, 3.63) is 71.9 Å². The van der Waals surface area contributed by atoms with Gasteiger partial charge in [0.15, 0.2) is 0 Å². The van der Waals surface area contributed by atoms with Gasteiger partial charge in [-0.2, -0.15) is 9.40 Å². The molecule has 1 fully saturated rings. The van der Waals surface area contributed by atoms with Gasteiger partial charge < -0.3 is 4.90 Å². The maximum atomic E-state index is 13.1. The standard InChI is InChI=1S/C23H26N4O3S/c1-17(2)18-8-10-20(11-9-18)31(29,30)27-14-12-26(13-15-27)23(28)21-16-24-25-22(21)19-6-4-3-5-7-19/h3-11,16-17H,12-15H2,1-2H3,(H,24,25). The highest BCUT2D eigenvalue weighted by atomic mass is 32.2. The quantitative estimate of drug-likeness (QED) is 0.662. The van der Waals surface area contributed by atoms with Gasteiger partial charge in [0.2, 0.25) is 10.0 Å². The van der Waals surface area contributed by atoms with E-state index in [1.807, 2.05) is 42.5 Å². The number of nitrogens with zero attached hydrogens (tertiary/aromatic N) is 3. The summed E-state index contributed by atoms with van der Waals surface area (Å²) < 4.78 is 27.5. The third-order valence-electron chi connectivity index (χ3n) is 5.64. The first kappa shape index (κ1) is 21.3. The zero-order chi connectivity index (χ0) is 22.0. The lowest BCUT2D eigenvalue weighted by Gasteiger charge is -2.34. The van der Waals surface area contributed by atoms with Crippen LogP contribution in [0.15, 0.2) is 65.7 Å². The number of benzene rings is 2. The Balaban J connectivity index is 1.45. The molecule has 3 aromatic rings. The lowest BCUT2D eigenvalue weighted by atomic mass is 10.0. The molecule has 0 atom stereocenters. The van der Waals surface area contributed by atoms with Crippen molar-refractivity contribution in [2.24, 2.45) is 0 Å². The number of aromatic amines is 1. The van der Waals surface area contributed by atoms with Crippen LogP contribution in [0.2, 0.25) is 0 Å². The molecule has 7 nitrogen and oxygen atoms in total. The van der Waals surface area contributed by atoms with Crippen LogP contribution in [0, 0.1) is 0 Å². The molecular weight excluding hydrogens is 412 g/mol. The van der Waals surface area contributed by atoms with E-state index in [1.165, 1.54) is 10.5 Å². The van der Waals surface area contributed by atoms with E-state index in [-0.39, 0.29) is 23.9 Å². The van der Waals surface area contributed by atoms with Crippen LogP contribution in [0.4, 0.5) is 0 Å². The maximum Gasteiger partial charge on any atom is 0.257 e.